The molecule has 0 unspecified atom stereocenters. The molecule has 0 radical (unpaired) electrons. The topological polar surface area (TPSA) is 59.6 Å². The van der Waals surface area contributed by atoms with Crippen LogP contribution in [0.15, 0.2) is 42.5 Å². The van der Waals surface area contributed by atoms with Gasteiger partial charge in [0.2, 0.25) is 0 Å². The third-order valence-corrected chi connectivity index (χ3v) is 4.10. The first-order chi connectivity index (χ1) is 12.6. The predicted molar refractivity (Wildman–Crippen MR) is 104 cm³/mol. The van der Waals surface area contributed by atoms with Crippen LogP contribution in [-0.4, -0.2) is 32.8 Å². The van der Waals surface area contributed by atoms with Crippen LogP contribution in [0.3, 0.4) is 0 Å². The number of hydrogen-bond donors (Lipinski definition) is 2. The van der Waals surface area contributed by atoms with Gasteiger partial charge in [0.05, 0.1) is 13.7 Å². The summed E-state index contributed by atoms with van der Waals surface area (Å²) in [5, 5.41) is 5.72. The van der Waals surface area contributed by atoms with Crippen LogP contribution in [0.4, 0.5) is 4.79 Å². The highest BCUT2D eigenvalue weighted by molar-refractivity contribution is 5.73. The van der Waals surface area contributed by atoms with E-state index in [0.717, 1.165) is 41.0 Å². The van der Waals surface area contributed by atoms with Crippen molar-refractivity contribution in [1.82, 2.24) is 10.6 Å². The summed E-state index contributed by atoms with van der Waals surface area (Å²) in [5.41, 5.74) is 3.40. The number of nitrogens with one attached hydrogen (secondary N) is 2. The van der Waals surface area contributed by atoms with Gasteiger partial charge in [0.1, 0.15) is 11.5 Å². The van der Waals surface area contributed by atoms with Gasteiger partial charge in [-0.25, -0.2) is 4.79 Å². The Morgan fingerprint density at radius 2 is 1.69 bits per heavy atom. The zero-order valence-electron chi connectivity index (χ0n) is 15.8. The highest BCUT2D eigenvalue weighted by Gasteiger charge is 2.04. The molecule has 0 spiro atoms. The second-order valence-corrected chi connectivity index (χ2v) is 6.21. The van der Waals surface area contributed by atoms with E-state index in [1.54, 1.807) is 7.11 Å². The first-order valence-electron chi connectivity index (χ1n) is 8.94. The quantitative estimate of drug-likeness (QED) is 0.675. The molecule has 0 aromatic heterocycles. The van der Waals surface area contributed by atoms with E-state index in [1.807, 2.05) is 56.3 Å². The summed E-state index contributed by atoms with van der Waals surface area (Å²) in [6.45, 7) is 5.82. The van der Waals surface area contributed by atoms with Crippen LogP contribution < -0.4 is 20.1 Å². The van der Waals surface area contributed by atoms with E-state index in [-0.39, 0.29) is 6.03 Å². The molecule has 0 saturated carbocycles. The molecule has 140 valence electrons. The molecule has 0 saturated heterocycles. The van der Waals surface area contributed by atoms with Crippen molar-refractivity contribution in [1.29, 1.82) is 0 Å². The lowest BCUT2D eigenvalue weighted by molar-refractivity contribution is 0.239. The zero-order valence-corrected chi connectivity index (χ0v) is 15.8. The second-order valence-electron chi connectivity index (χ2n) is 6.21. The average Bonchev–Trinajstić information content (AvgIpc) is 2.64. The third-order valence-electron chi connectivity index (χ3n) is 4.10. The number of benzene rings is 2. The van der Waals surface area contributed by atoms with Gasteiger partial charge in [-0.05, 0) is 55.5 Å². The Labute approximate surface area is 155 Å². The van der Waals surface area contributed by atoms with Gasteiger partial charge in [-0.1, -0.05) is 30.3 Å². The number of carbonyl (C=O) groups is 1. The molecule has 2 N–H and O–H groups in total. The van der Waals surface area contributed by atoms with Crippen LogP contribution in [0, 0.1) is 13.8 Å². The number of ether oxygens (including phenoxy) is 2. The van der Waals surface area contributed by atoms with Crippen LogP contribution in [0.1, 0.15) is 23.1 Å². The standard InChI is InChI=1S/C21H28N2O3/c1-16-7-4-8-17(2)20(16)26-14-6-12-22-21(24)23-13-11-18-9-5-10-19(15-18)25-3/h4-5,7-10,15H,6,11-14H2,1-3H3,(H2,22,23,24). The average molecular weight is 356 g/mol. The van der Waals surface area contributed by atoms with Gasteiger partial charge in [-0.3, -0.25) is 0 Å². The Hall–Kier alpha value is -2.69. The summed E-state index contributed by atoms with van der Waals surface area (Å²) in [6.07, 6.45) is 1.53. The molecule has 2 amide bonds. The van der Waals surface area contributed by atoms with Gasteiger partial charge < -0.3 is 20.1 Å². The Bertz CT molecular complexity index is 696. The first-order valence-corrected chi connectivity index (χ1v) is 8.94. The van der Waals surface area contributed by atoms with Crippen molar-refractivity contribution < 1.29 is 14.3 Å². The molecule has 2 aromatic carbocycles. The molecule has 0 bridgehead atoms. The van der Waals surface area contributed by atoms with E-state index in [2.05, 4.69) is 10.6 Å². The van der Waals surface area contributed by atoms with Crippen molar-refractivity contribution in [3.05, 3.63) is 59.2 Å². The molecule has 0 aliphatic rings. The lowest BCUT2D eigenvalue weighted by Crippen LogP contribution is -2.37. The minimum Gasteiger partial charge on any atom is -0.497 e. The number of amides is 2. The maximum atomic E-state index is 11.8. The van der Waals surface area contributed by atoms with Gasteiger partial charge in [-0.15, -0.1) is 0 Å². The summed E-state index contributed by atoms with van der Waals surface area (Å²) in [7, 11) is 1.65. The molecule has 5 nitrogen and oxygen atoms in total. The van der Waals surface area contributed by atoms with Gasteiger partial charge in [0.25, 0.3) is 0 Å². The minimum atomic E-state index is -0.153. The lowest BCUT2D eigenvalue weighted by atomic mass is 10.1. The van der Waals surface area contributed by atoms with Crippen molar-refractivity contribution in [2.24, 2.45) is 0 Å². The van der Waals surface area contributed by atoms with Gasteiger partial charge in [-0.2, -0.15) is 0 Å². The molecular weight excluding hydrogens is 328 g/mol. The number of aryl methyl sites for hydroxylation is 2. The maximum Gasteiger partial charge on any atom is 0.314 e. The monoisotopic (exact) mass is 356 g/mol. The molecule has 2 aromatic rings. The van der Waals surface area contributed by atoms with E-state index in [0.29, 0.717) is 19.7 Å². The number of carbonyl (C=O) groups excluding carboxylic acids is 1. The molecule has 0 aliphatic carbocycles. The Kier molecular flexibility index (Phi) is 7.80. The summed E-state index contributed by atoms with van der Waals surface area (Å²) < 4.78 is 11.0. The smallest absolute Gasteiger partial charge is 0.314 e. The van der Waals surface area contributed by atoms with Crippen molar-refractivity contribution in [2.45, 2.75) is 26.7 Å². The highest BCUT2D eigenvalue weighted by Crippen LogP contribution is 2.22. The van der Waals surface area contributed by atoms with E-state index < -0.39 is 0 Å². The third kappa shape index (κ3) is 6.31. The Morgan fingerprint density at radius 1 is 1.00 bits per heavy atom. The zero-order chi connectivity index (χ0) is 18.8. The molecule has 5 heteroatoms. The predicted octanol–water partition coefficient (Wildman–Crippen LogP) is 3.62. The van der Waals surface area contributed by atoms with E-state index in [4.69, 9.17) is 9.47 Å². The first kappa shape index (κ1) is 19.6. The Balaban J connectivity index is 1.59. The number of para-hydroxylation sites is 1. The van der Waals surface area contributed by atoms with Crippen molar-refractivity contribution in [2.75, 3.05) is 26.8 Å². The number of rotatable bonds is 9. The number of urea groups is 1. The van der Waals surface area contributed by atoms with Crippen molar-refractivity contribution in [3.63, 3.8) is 0 Å². The van der Waals surface area contributed by atoms with Crippen LogP contribution >= 0.6 is 0 Å². The highest BCUT2D eigenvalue weighted by atomic mass is 16.5. The van der Waals surface area contributed by atoms with E-state index in [1.165, 1.54) is 0 Å². The molecule has 2 rings (SSSR count). The number of methoxy groups -OCH3 is 1. The fourth-order valence-electron chi connectivity index (χ4n) is 2.69. The fourth-order valence-corrected chi connectivity index (χ4v) is 2.69. The second kappa shape index (κ2) is 10.3. The lowest BCUT2D eigenvalue weighted by Gasteiger charge is -2.12. The van der Waals surface area contributed by atoms with Crippen molar-refractivity contribution >= 4 is 6.03 Å². The van der Waals surface area contributed by atoms with Crippen LogP contribution in [0.25, 0.3) is 0 Å². The SMILES string of the molecule is COc1cccc(CCNC(=O)NCCCOc2c(C)cccc2C)c1. The molecule has 26 heavy (non-hydrogen) atoms. The van der Waals surface area contributed by atoms with Gasteiger partial charge in [0, 0.05) is 13.1 Å². The molecule has 0 aliphatic heterocycles. The minimum absolute atomic E-state index is 0.153. The van der Waals surface area contributed by atoms with Crippen molar-refractivity contribution in [3.8, 4) is 11.5 Å². The molecular formula is C21H28N2O3. The molecule has 0 atom stereocenters. The normalized spacial score (nSPS) is 10.3. The van der Waals surface area contributed by atoms with E-state index >= 15 is 0 Å². The van der Waals surface area contributed by atoms with Gasteiger partial charge >= 0.3 is 6.03 Å². The summed E-state index contributed by atoms with van der Waals surface area (Å²) >= 11 is 0. The summed E-state index contributed by atoms with van der Waals surface area (Å²) in [4.78, 5) is 11.8. The maximum absolute atomic E-state index is 11.8. The Morgan fingerprint density at radius 3 is 2.42 bits per heavy atom. The molecule has 0 heterocycles. The van der Waals surface area contributed by atoms with Gasteiger partial charge in [0.15, 0.2) is 0 Å². The fraction of sp³-hybridized carbons (Fsp3) is 0.381. The number of hydrogen-bond acceptors (Lipinski definition) is 3. The van der Waals surface area contributed by atoms with E-state index in [9.17, 15) is 4.79 Å². The summed E-state index contributed by atoms with van der Waals surface area (Å²) in [6, 6.07) is 13.8. The van der Waals surface area contributed by atoms with Crippen LogP contribution in [-0.2, 0) is 6.42 Å². The summed E-state index contributed by atoms with van der Waals surface area (Å²) in [5.74, 6) is 1.77. The van der Waals surface area contributed by atoms with Crippen LogP contribution in [0.5, 0.6) is 11.5 Å². The molecule has 0 fully saturated rings. The largest absolute Gasteiger partial charge is 0.497 e. The van der Waals surface area contributed by atoms with Crippen LogP contribution in [0.2, 0.25) is 0 Å².